The first-order valence-electron chi connectivity index (χ1n) is 42.3. The number of likely N-dealkylation sites (tertiary alicyclic amines) is 3. The molecule has 44 nitrogen and oxygen atoms in total. The standard InChI is InChI=1S/C22H20N6O4.C18H16ClN3O4.2C14H14N6O2.C12H13NO3.C6H5ClN2O2.C4H5N3/c29-19-17-7-6-16(25-18-8-10-23-14-24-18)20(30)28(17)22(26-19)9-11-27(13-22)21(31)32-12-15-4-2-1-3-5-15;19-13-6-7-14-15(23)20-18(22(14)16(13)24)8-9-21(11-18)17(25)26-10-12-4-2-1-3-5-12;2*21-12-10-2-1-9(18-11-3-5-16-8-17-11)13(22)20(10)14(19-12)4-6-15-7-14;14-11-6-7-13(8-11)12(15)16-9-10-4-2-1-3-5-10;7-3-1-2-4(5(8)10)9-6(3)11;5-4-1-2-6-3-7-4/h1-8,10,14H,9,11-13H2,(H,26,29)(H,23,24,25);1-7H,8-11H2,(H,20,23);2*1-3,5,8,15H,4,6-7H2,(H,19,21)(H,16,17,18);1-5H,6-9H2;1-2H,(H2,8,10)(H,9,11);1-3H,(H2,5,6,7). The van der Waals surface area contributed by atoms with E-state index < -0.39 is 58.0 Å². The average Bonchev–Trinajstić information content (AvgIpc) is 1.50. The summed E-state index contributed by atoms with van der Waals surface area (Å²) in [5.74, 6) is 0.316. The molecule has 4 unspecified atom stereocenters. The lowest BCUT2D eigenvalue weighted by molar-refractivity contribution is -0.116. The number of carbonyl (C=O) groups is 9. The van der Waals surface area contributed by atoms with Crippen LogP contribution >= 0.6 is 23.2 Å². The van der Waals surface area contributed by atoms with Crippen LogP contribution in [0, 0.1) is 0 Å². The van der Waals surface area contributed by atoms with Gasteiger partial charge in [0.05, 0.1) is 19.6 Å². The number of hydrogen-bond donors (Lipinski definition) is 12. The molecule has 9 aromatic heterocycles. The number of anilines is 7. The van der Waals surface area contributed by atoms with E-state index in [-0.39, 0.29) is 118 Å². The van der Waals surface area contributed by atoms with Crippen LogP contribution in [0.1, 0.15) is 101 Å². The fourth-order valence-electron chi connectivity index (χ4n) is 16.2. The maximum Gasteiger partial charge on any atom is 0.410 e. The van der Waals surface area contributed by atoms with Crippen molar-refractivity contribution in [1.29, 1.82) is 0 Å². The zero-order valence-corrected chi connectivity index (χ0v) is 73.7. The highest BCUT2D eigenvalue weighted by atomic mass is 35.5. The summed E-state index contributed by atoms with van der Waals surface area (Å²) in [5, 5.41) is 27.0. The van der Waals surface area contributed by atoms with E-state index in [1.165, 1.54) is 73.4 Å². The quantitative estimate of drug-likeness (QED) is 0.0669. The molecule has 136 heavy (non-hydrogen) atoms. The minimum Gasteiger partial charge on any atom is -0.445 e. The zero-order valence-electron chi connectivity index (χ0n) is 72.1. The molecule has 18 heterocycles. The molecule has 21 rings (SSSR count). The fourth-order valence-corrected chi connectivity index (χ4v) is 16.5. The molecule has 4 atom stereocenters. The van der Waals surface area contributed by atoms with Gasteiger partial charge in [-0.05, 0) is 115 Å². The summed E-state index contributed by atoms with van der Waals surface area (Å²) in [6.07, 6.45) is 13.2. The molecular formula is C90H87Cl2N27O17. The second kappa shape index (κ2) is 41.8. The van der Waals surface area contributed by atoms with Gasteiger partial charge in [0.15, 0.2) is 5.78 Å². The van der Waals surface area contributed by atoms with E-state index in [9.17, 15) is 67.1 Å². The Kier molecular flexibility index (Phi) is 28.9. The molecule has 46 heteroatoms. The Hall–Kier alpha value is -16.7. The lowest BCUT2D eigenvalue weighted by Gasteiger charge is -2.27. The number of halogens is 2. The summed E-state index contributed by atoms with van der Waals surface area (Å²) in [4.78, 5) is 207. The van der Waals surface area contributed by atoms with Crippen LogP contribution < -0.4 is 87.1 Å². The number of rotatable bonds is 13. The van der Waals surface area contributed by atoms with Gasteiger partial charge >= 0.3 is 18.3 Å². The van der Waals surface area contributed by atoms with Gasteiger partial charge in [-0.15, -0.1) is 0 Å². The van der Waals surface area contributed by atoms with Crippen LogP contribution in [-0.2, 0) is 61.5 Å². The van der Waals surface area contributed by atoms with Crippen molar-refractivity contribution in [3.63, 3.8) is 0 Å². The highest BCUT2D eigenvalue weighted by molar-refractivity contribution is 6.30. The number of pyridine rings is 5. The first-order valence-corrected chi connectivity index (χ1v) is 43.1. The lowest BCUT2D eigenvalue weighted by Crippen LogP contribution is -2.50. The van der Waals surface area contributed by atoms with E-state index in [4.69, 9.17) is 48.9 Å². The first-order chi connectivity index (χ1) is 65.7. The van der Waals surface area contributed by atoms with Crippen molar-refractivity contribution in [2.75, 3.05) is 87.1 Å². The SMILES string of the molecule is NC(=O)c1ccc(Cl)c(=O)[nH]1.Nc1ccncn1.O=C1CCN(C(=O)OCc2ccccc2)C1.O=C1NC2(CCN(C(=O)OCc3ccccc3)C2)n2c1ccc(Cl)c2=O.O=C1NC2(CCN(C(=O)OCc3ccccc3)C2)n2c1ccc(Nc1ccncn1)c2=O.O=C1NC2(CCNC2)n2c1ccc(Nc1ccncn1)c2=O.O=C1NC2(CCNC2)n2c1ccc(Nc1ccncn1)c2=O. The molecule has 3 aromatic carbocycles. The molecule has 0 bridgehead atoms. The van der Waals surface area contributed by atoms with Crippen LogP contribution in [0.15, 0.2) is 250 Å². The van der Waals surface area contributed by atoms with E-state index >= 15 is 0 Å². The van der Waals surface area contributed by atoms with Crippen molar-refractivity contribution in [2.45, 2.75) is 74.6 Å². The van der Waals surface area contributed by atoms with Crippen LogP contribution in [-0.4, -0.2) is 197 Å². The van der Waals surface area contributed by atoms with Gasteiger partial charge in [0, 0.05) is 89.6 Å². The Bertz CT molecular complexity index is 6650. The molecular weight excluding hydrogens is 1800 g/mol. The molecule has 698 valence electrons. The van der Waals surface area contributed by atoms with E-state index in [2.05, 4.69) is 92.7 Å². The number of aromatic nitrogens is 13. The van der Waals surface area contributed by atoms with Crippen molar-refractivity contribution in [3.05, 3.63) is 333 Å². The van der Waals surface area contributed by atoms with Gasteiger partial charge in [-0.25, -0.2) is 54.3 Å². The molecule has 5 fully saturated rings. The smallest absolute Gasteiger partial charge is 0.410 e. The van der Waals surface area contributed by atoms with Gasteiger partial charge in [0.1, 0.15) is 147 Å². The number of nitrogens with two attached hydrogens (primary N) is 2. The zero-order chi connectivity index (χ0) is 95.7. The lowest BCUT2D eigenvalue weighted by atomic mass is 10.1. The molecule has 9 aliphatic rings. The van der Waals surface area contributed by atoms with Gasteiger partial charge < -0.3 is 93.2 Å². The number of benzene rings is 3. The number of fused-ring (bicyclic) bond motifs is 8. The summed E-state index contributed by atoms with van der Waals surface area (Å²) in [5.41, 5.74) is 10.1. The molecule has 14 N–H and O–H groups in total. The minimum absolute atomic E-state index is 0.0368. The maximum atomic E-state index is 13.3. The molecule has 0 radical (unpaired) electrons. The number of nitrogens with zero attached hydrogens (tertiary/aromatic N) is 15. The van der Waals surface area contributed by atoms with Crippen LogP contribution in [0.3, 0.4) is 0 Å². The molecule has 0 saturated carbocycles. The number of nitrogen functional groups attached to an aromatic ring is 1. The van der Waals surface area contributed by atoms with E-state index in [0.29, 0.717) is 111 Å². The normalized spacial score (nSPS) is 18.8. The Morgan fingerprint density at radius 1 is 0.397 bits per heavy atom. The van der Waals surface area contributed by atoms with Crippen molar-refractivity contribution >= 4 is 117 Å². The number of amides is 8. The molecule has 5 saturated heterocycles. The monoisotopic (exact) mass is 1890 g/mol. The van der Waals surface area contributed by atoms with Gasteiger partial charge in [0.2, 0.25) is 0 Å². The number of carbonyl (C=O) groups excluding carboxylic acids is 9. The van der Waals surface area contributed by atoms with Crippen LogP contribution in [0.5, 0.6) is 0 Å². The maximum absolute atomic E-state index is 13.3. The minimum atomic E-state index is -1.02. The Balaban J connectivity index is 0.000000125. The van der Waals surface area contributed by atoms with Crippen LogP contribution in [0.2, 0.25) is 10.0 Å². The van der Waals surface area contributed by atoms with Crippen molar-refractivity contribution in [2.24, 2.45) is 5.73 Å². The highest BCUT2D eigenvalue weighted by Gasteiger charge is 2.53. The number of ketones is 1. The van der Waals surface area contributed by atoms with E-state index in [1.807, 2.05) is 91.0 Å². The summed E-state index contributed by atoms with van der Waals surface area (Å²) in [6.45, 7) is 4.85. The summed E-state index contributed by atoms with van der Waals surface area (Å²) >= 11 is 11.3. The number of hydrogen-bond acceptors (Lipinski definition) is 31. The van der Waals surface area contributed by atoms with Gasteiger partial charge in [-0.1, -0.05) is 114 Å². The molecule has 0 aliphatic carbocycles. The van der Waals surface area contributed by atoms with Crippen molar-refractivity contribution < 1.29 is 57.4 Å². The third-order valence-electron chi connectivity index (χ3n) is 22.8. The predicted molar refractivity (Wildman–Crippen MR) is 491 cm³/mol. The summed E-state index contributed by atoms with van der Waals surface area (Å²) < 4.78 is 21.8. The number of ether oxygens (including phenoxy) is 3. The highest BCUT2D eigenvalue weighted by Crippen LogP contribution is 2.36. The van der Waals surface area contributed by atoms with E-state index in [0.717, 1.165) is 29.8 Å². The second-order valence-corrected chi connectivity index (χ2v) is 32.5. The van der Waals surface area contributed by atoms with Gasteiger partial charge in [0.25, 0.3) is 57.3 Å². The third kappa shape index (κ3) is 21.4. The van der Waals surface area contributed by atoms with Gasteiger partial charge in [-0.2, -0.15) is 0 Å². The largest absolute Gasteiger partial charge is 0.445 e. The number of Topliss-reactive ketones (excluding diaryl/α,β-unsaturated/α-hetero) is 1. The molecule has 8 amide bonds. The topological polar surface area (TPSA) is 575 Å². The fraction of sp³-hybridized carbons (Fsp3) is 0.244. The predicted octanol–water partition coefficient (Wildman–Crippen LogP) is 5.09. The van der Waals surface area contributed by atoms with Crippen molar-refractivity contribution in [3.8, 4) is 0 Å². The number of primary amides is 1. The first kappa shape index (κ1) is 93.9. The average molecular weight is 1890 g/mol. The molecule has 4 spiro atoms. The van der Waals surface area contributed by atoms with Crippen LogP contribution in [0.25, 0.3) is 0 Å². The Labute approximate surface area is 780 Å². The Morgan fingerprint density at radius 2 is 0.757 bits per heavy atom. The third-order valence-corrected chi connectivity index (χ3v) is 23.3. The number of aromatic amines is 1. The van der Waals surface area contributed by atoms with E-state index in [1.54, 1.807) is 94.6 Å². The second-order valence-electron chi connectivity index (χ2n) is 31.7. The van der Waals surface area contributed by atoms with Gasteiger partial charge in [-0.3, -0.25) is 71.0 Å². The Morgan fingerprint density at radius 3 is 1.09 bits per heavy atom. The summed E-state index contributed by atoms with van der Waals surface area (Å²) in [6, 6.07) is 50.1. The molecule has 9 aliphatic heterocycles. The summed E-state index contributed by atoms with van der Waals surface area (Å²) in [7, 11) is 0. The van der Waals surface area contributed by atoms with Crippen molar-refractivity contribution in [1.82, 2.24) is 110 Å². The molecule has 12 aromatic rings. The number of nitrogens with one attached hydrogen (secondary N) is 10. The number of H-pyrrole nitrogens is 1. The van der Waals surface area contributed by atoms with Crippen LogP contribution in [0.4, 0.5) is 54.7 Å².